The van der Waals surface area contributed by atoms with Gasteiger partial charge in [-0.05, 0) is 17.8 Å². The van der Waals surface area contributed by atoms with Crippen molar-refractivity contribution in [3.8, 4) is 0 Å². The first-order chi connectivity index (χ1) is 4.54. The second-order valence-electron chi connectivity index (χ2n) is 3.44. The first-order valence-electron chi connectivity index (χ1n) is 3.79. The third-order valence-electron chi connectivity index (χ3n) is 2.36. The van der Waals surface area contributed by atoms with Gasteiger partial charge in [-0.3, -0.25) is 0 Å². The fraction of sp³-hybridized carbons (Fsp3) is 0.778. The summed E-state index contributed by atoms with van der Waals surface area (Å²) < 4.78 is 0. The molecule has 0 aliphatic heterocycles. The summed E-state index contributed by atoms with van der Waals surface area (Å²) in [5.74, 6) is 0.509. The molecule has 0 aliphatic carbocycles. The van der Waals surface area contributed by atoms with Crippen molar-refractivity contribution in [2.24, 2.45) is 11.3 Å². The summed E-state index contributed by atoms with van der Waals surface area (Å²) in [4.78, 5) is 0. The van der Waals surface area contributed by atoms with Crippen LogP contribution in [-0.4, -0.2) is 11.7 Å². The predicted octanol–water partition coefficient (Wildman–Crippen LogP) is 2.22. The van der Waals surface area contributed by atoms with E-state index in [1.54, 1.807) is 0 Å². The van der Waals surface area contributed by atoms with Crippen molar-refractivity contribution in [2.75, 3.05) is 6.61 Å². The lowest BCUT2D eigenvalue weighted by Gasteiger charge is -2.27. The van der Waals surface area contributed by atoms with Gasteiger partial charge in [0.2, 0.25) is 0 Å². The molecule has 0 aromatic carbocycles. The molecule has 0 radical (unpaired) electrons. The molecule has 1 nitrogen and oxygen atoms in total. The minimum absolute atomic E-state index is 0.155. The van der Waals surface area contributed by atoms with Gasteiger partial charge >= 0.3 is 0 Å². The van der Waals surface area contributed by atoms with E-state index >= 15 is 0 Å². The van der Waals surface area contributed by atoms with Crippen molar-refractivity contribution in [1.82, 2.24) is 0 Å². The average molecular weight is 142 g/mol. The van der Waals surface area contributed by atoms with Crippen LogP contribution in [0.4, 0.5) is 0 Å². The van der Waals surface area contributed by atoms with E-state index in [1.165, 1.54) is 0 Å². The zero-order valence-electron chi connectivity index (χ0n) is 7.22. The molecule has 1 N–H and O–H groups in total. The molecule has 0 saturated carbocycles. The molecule has 0 aromatic heterocycles. The topological polar surface area (TPSA) is 20.2 Å². The van der Waals surface area contributed by atoms with Gasteiger partial charge < -0.3 is 5.11 Å². The van der Waals surface area contributed by atoms with Crippen LogP contribution < -0.4 is 0 Å². The lowest BCUT2D eigenvalue weighted by molar-refractivity contribution is 0.208. The summed E-state index contributed by atoms with van der Waals surface area (Å²) in [5, 5.41) is 8.66. The second-order valence-corrected chi connectivity index (χ2v) is 3.44. The van der Waals surface area contributed by atoms with Crippen LogP contribution in [0.1, 0.15) is 27.2 Å². The van der Waals surface area contributed by atoms with E-state index in [2.05, 4.69) is 27.4 Å². The summed E-state index contributed by atoms with van der Waals surface area (Å²) in [6.07, 6.45) is 2.81. The van der Waals surface area contributed by atoms with E-state index in [9.17, 15) is 0 Å². The van der Waals surface area contributed by atoms with Crippen molar-refractivity contribution in [3.05, 3.63) is 12.7 Å². The average Bonchev–Trinajstić information content (AvgIpc) is 1.89. The smallest absolute Gasteiger partial charge is 0.0433 e. The summed E-state index contributed by atoms with van der Waals surface area (Å²) in [6.45, 7) is 10.4. The molecular weight excluding hydrogens is 124 g/mol. The van der Waals surface area contributed by atoms with Crippen LogP contribution in [-0.2, 0) is 0 Å². The Morgan fingerprint density at radius 1 is 1.60 bits per heavy atom. The first kappa shape index (κ1) is 9.70. The summed E-state index contributed by atoms with van der Waals surface area (Å²) >= 11 is 0. The van der Waals surface area contributed by atoms with Gasteiger partial charge in [0.1, 0.15) is 0 Å². The molecule has 0 aliphatic rings. The van der Waals surface area contributed by atoms with E-state index in [1.807, 2.05) is 6.08 Å². The Labute approximate surface area is 63.8 Å². The Bertz CT molecular complexity index is 105. The molecule has 10 heavy (non-hydrogen) atoms. The van der Waals surface area contributed by atoms with Crippen LogP contribution in [0.25, 0.3) is 0 Å². The molecule has 0 spiro atoms. The minimum atomic E-state index is 0.155. The number of hydrogen-bond acceptors (Lipinski definition) is 1. The van der Waals surface area contributed by atoms with E-state index in [4.69, 9.17) is 5.11 Å². The van der Waals surface area contributed by atoms with Gasteiger partial charge in [0, 0.05) is 6.61 Å². The van der Waals surface area contributed by atoms with Gasteiger partial charge in [-0.1, -0.05) is 26.8 Å². The SMILES string of the molecule is C=CC(C)(C)C(C)CCO. The van der Waals surface area contributed by atoms with Crippen LogP contribution in [0, 0.1) is 11.3 Å². The van der Waals surface area contributed by atoms with Crippen LogP contribution in [0.5, 0.6) is 0 Å². The molecule has 0 aromatic rings. The van der Waals surface area contributed by atoms with Gasteiger partial charge in [0.05, 0.1) is 0 Å². The molecule has 0 heterocycles. The number of aliphatic hydroxyl groups is 1. The third kappa shape index (κ3) is 2.53. The highest BCUT2D eigenvalue weighted by Crippen LogP contribution is 2.29. The molecular formula is C9H18O. The van der Waals surface area contributed by atoms with Crippen molar-refractivity contribution in [1.29, 1.82) is 0 Å². The van der Waals surface area contributed by atoms with Gasteiger partial charge in [0.15, 0.2) is 0 Å². The lowest BCUT2D eigenvalue weighted by atomic mass is 9.79. The normalized spacial score (nSPS) is 14.8. The molecule has 0 saturated heterocycles. The van der Waals surface area contributed by atoms with Crippen LogP contribution in [0.2, 0.25) is 0 Å². The Kier molecular flexibility index (Phi) is 3.66. The lowest BCUT2D eigenvalue weighted by Crippen LogP contribution is -2.19. The van der Waals surface area contributed by atoms with Crippen molar-refractivity contribution < 1.29 is 5.11 Å². The fourth-order valence-corrected chi connectivity index (χ4v) is 0.767. The number of aliphatic hydroxyl groups excluding tert-OH is 1. The quantitative estimate of drug-likeness (QED) is 0.597. The zero-order valence-corrected chi connectivity index (χ0v) is 7.22. The Hall–Kier alpha value is -0.300. The Balaban J connectivity index is 3.90. The van der Waals surface area contributed by atoms with Crippen LogP contribution in [0.3, 0.4) is 0 Å². The molecule has 1 heteroatoms. The van der Waals surface area contributed by atoms with E-state index in [0.29, 0.717) is 5.92 Å². The van der Waals surface area contributed by atoms with E-state index in [0.717, 1.165) is 6.42 Å². The Morgan fingerprint density at radius 3 is 2.40 bits per heavy atom. The van der Waals surface area contributed by atoms with Crippen molar-refractivity contribution in [2.45, 2.75) is 27.2 Å². The highest BCUT2D eigenvalue weighted by molar-refractivity contribution is 4.90. The number of hydrogen-bond donors (Lipinski definition) is 1. The fourth-order valence-electron chi connectivity index (χ4n) is 0.767. The van der Waals surface area contributed by atoms with Gasteiger partial charge in [-0.2, -0.15) is 0 Å². The van der Waals surface area contributed by atoms with E-state index in [-0.39, 0.29) is 12.0 Å². The Morgan fingerprint density at radius 2 is 2.10 bits per heavy atom. The zero-order chi connectivity index (χ0) is 8.20. The van der Waals surface area contributed by atoms with Crippen LogP contribution in [0.15, 0.2) is 12.7 Å². The molecule has 0 amide bonds. The summed E-state index contributed by atoms with van der Waals surface area (Å²) in [7, 11) is 0. The molecule has 1 atom stereocenters. The molecule has 0 fully saturated rings. The first-order valence-corrected chi connectivity index (χ1v) is 3.79. The molecule has 0 bridgehead atoms. The highest BCUT2D eigenvalue weighted by Gasteiger charge is 2.20. The van der Waals surface area contributed by atoms with Gasteiger partial charge in [0.25, 0.3) is 0 Å². The highest BCUT2D eigenvalue weighted by atomic mass is 16.3. The number of rotatable bonds is 4. The number of allylic oxidation sites excluding steroid dienone is 1. The maximum atomic E-state index is 8.66. The van der Waals surface area contributed by atoms with Crippen molar-refractivity contribution in [3.63, 3.8) is 0 Å². The van der Waals surface area contributed by atoms with E-state index < -0.39 is 0 Å². The molecule has 0 rings (SSSR count). The minimum Gasteiger partial charge on any atom is -0.396 e. The molecule has 1 unspecified atom stereocenters. The van der Waals surface area contributed by atoms with Crippen LogP contribution >= 0.6 is 0 Å². The van der Waals surface area contributed by atoms with Gasteiger partial charge in [-0.15, -0.1) is 6.58 Å². The second kappa shape index (κ2) is 3.77. The summed E-state index contributed by atoms with van der Waals surface area (Å²) in [6, 6.07) is 0. The maximum absolute atomic E-state index is 8.66. The monoisotopic (exact) mass is 142 g/mol. The largest absolute Gasteiger partial charge is 0.396 e. The maximum Gasteiger partial charge on any atom is 0.0433 e. The van der Waals surface area contributed by atoms with Crippen molar-refractivity contribution >= 4 is 0 Å². The predicted molar refractivity (Wildman–Crippen MR) is 44.8 cm³/mol. The molecule has 60 valence electrons. The van der Waals surface area contributed by atoms with Gasteiger partial charge in [-0.25, -0.2) is 0 Å². The third-order valence-corrected chi connectivity index (χ3v) is 2.36. The summed E-state index contributed by atoms with van der Waals surface area (Å²) in [5.41, 5.74) is 0.155. The standard InChI is InChI=1S/C9H18O/c1-5-9(3,4)8(2)6-7-10/h5,8,10H,1,6-7H2,2-4H3.